The molecule has 0 unspecified atom stereocenters. The van der Waals surface area contributed by atoms with Crippen LogP contribution in [-0.2, 0) is 0 Å². The number of hydrogen-bond donors (Lipinski definition) is 1. The Balaban J connectivity index is 2.48. The van der Waals surface area contributed by atoms with Crippen LogP contribution in [0.1, 0.15) is 13.8 Å². The summed E-state index contributed by atoms with van der Waals surface area (Å²) < 4.78 is 11.3. The number of benzene rings is 1. The molecule has 1 aromatic heterocycles. The lowest BCUT2D eigenvalue weighted by atomic mass is 10.1. The van der Waals surface area contributed by atoms with Crippen LogP contribution < -0.4 is 15.2 Å². The number of anilines is 1. The maximum atomic E-state index is 5.68. The van der Waals surface area contributed by atoms with E-state index in [-0.39, 0.29) is 0 Å². The first kappa shape index (κ1) is 12.7. The third kappa shape index (κ3) is 2.56. The number of nitrogens with two attached hydrogens (primary N) is 1. The molecule has 0 aliphatic carbocycles. The van der Waals surface area contributed by atoms with Crippen molar-refractivity contribution in [3.8, 4) is 22.8 Å². The van der Waals surface area contributed by atoms with Crippen molar-refractivity contribution in [1.29, 1.82) is 0 Å². The Morgan fingerprint density at radius 2 is 2.00 bits per heavy atom. The second-order valence-corrected chi connectivity index (χ2v) is 4.46. The third-order valence-corrected chi connectivity index (χ3v) is 3.04. The highest BCUT2D eigenvalue weighted by Gasteiger charge is 2.14. The van der Waals surface area contributed by atoms with Gasteiger partial charge in [0.25, 0.3) is 0 Å². The summed E-state index contributed by atoms with van der Waals surface area (Å²) in [6.07, 6.45) is 0. The number of thiazole rings is 1. The fourth-order valence-corrected chi connectivity index (χ4v) is 2.25. The highest BCUT2D eigenvalue weighted by atomic mass is 32.1. The number of rotatable bonds is 5. The first-order valence-corrected chi connectivity index (χ1v) is 6.74. The molecular formula is C13H16N2O2S. The van der Waals surface area contributed by atoms with Crippen LogP contribution >= 0.6 is 11.3 Å². The van der Waals surface area contributed by atoms with Gasteiger partial charge in [0.2, 0.25) is 0 Å². The Hall–Kier alpha value is -1.75. The van der Waals surface area contributed by atoms with Gasteiger partial charge in [-0.1, -0.05) is 6.07 Å². The van der Waals surface area contributed by atoms with E-state index in [0.29, 0.717) is 18.3 Å². The lowest BCUT2D eigenvalue weighted by molar-refractivity contribution is 0.289. The van der Waals surface area contributed by atoms with Crippen LogP contribution in [0, 0.1) is 0 Å². The maximum Gasteiger partial charge on any atom is 0.180 e. The average molecular weight is 264 g/mol. The summed E-state index contributed by atoms with van der Waals surface area (Å²) in [6, 6.07) is 5.79. The lowest BCUT2D eigenvalue weighted by Gasteiger charge is -2.13. The van der Waals surface area contributed by atoms with Gasteiger partial charge in [0.15, 0.2) is 16.6 Å². The van der Waals surface area contributed by atoms with E-state index in [9.17, 15) is 0 Å². The molecule has 0 radical (unpaired) electrons. The van der Waals surface area contributed by atoms with E-state index in [1.807, 2.05) is 37.4 Å². The maximum absolute atomic E-state index is 5.68. The molecule has 2 rings (SSSR count). The number of para-hydroxylation sites is 1. The fourth-order valence-electron chi connectivity index (χ4n) is 1.69. The zero-order valence-electron chi connectivity index (χ0n) is 10.5. The smallest absolute Gasteiger partial charge is 0.180 e. The summed E-state index contributed by atoms with van der Waals surface area (Å²) in [6.45, 7) is 5.07. The van der Waals surface area contributed by atoms with Crippen LogP contribution in [0.5, 0.6) is 11.5 Å². The average Bonchev–Trinajstić information content (AvgIpc) is 2.78. The van der Waals surface area contributed by atoms with Crippen molar-refractivity contribution in [3.63, 3.8) is 0 Å². The second kappa shape index (κ2) is 5.73. The van der Waals surface area contributed by atoms with Crippen molar-refractivity contribution in [2.45, 2.75) is 13.8 Å². The molecule has 2 aromatic rings. The quantitative estimate of drug-likeness (QED) is 0.901. The normalized spacial score (nSPS) is 10.3. The summed E-state index contributed by atoms with van der Waals surface area (Å²) in [7, 11) is 0. The summed E-state index contributed by atoms with van der Waals surface area (Å²) in [5, 5.41) is 2.47. The van der Waals surface area contributed by atoms with Gasteiger partial charge >= 0.3 is 0 Å². The van der Waals surface area contributed by atoms with E-state index in [4.69, 9.17) is 15.2 Å². The van der Waals surface area contributed by atoms with Crippen LogP contribution in [-0.4, -0.2) is 18.2 Å². The minimum absolute atomic E-state index is 0.550. The highest BCUT2D eigenvalue weighted by molar-refractivity contribution is 7.13. The van der Waals surface area contributed by atoms with Gasteiger partial charge in [-0.15, -0.1) is 11.3 Å². The number of ether oxygens (including phenoxy) is 2. The van der Waals surface area contributed by atoms with Crippen molar-refractivity contribution in [1.82, 2.24) is 4.98 Å². The molecule has 96 valence electrons. The summed E-state index contributed by atoms with van der Waals surface area (Å²) in [5.74, 6) is 1.47. The van der Waals surface area contributed by atoms with Crippen molar-refractivity contribution in [2.75, 3.05) is 18.9 Å². The van der Waals surface area contributed by atoms with E-state index in [1.165, 1.54) is 11.3 Å². The van der Waals surface area contributed by atoms with Crippen molar-refractivity contribution in [2.24, 2.45) is 0 Å². The summed E-state index contributed by atoms with van der Waals surface area (Å²) >= 11 is 1.42. The second-order valence-electron chi connectivity index (χ2n) is 3.57. The Morgan fingerprint density at radius 3 is 2.61 bits per heavy atom. The molecule has 1 aromatic carbocycles. The van der Waals surface area contributed by atoms with Gasteiger partial charge < -0.3 is 15.2 Å². The van der Waals surface area contributed by atoms with Crippen LogP contribution in [0.3, 0.4) is 0 Å². The SMILES string of the molecule is CCOc1cccc(-c2csc(N)n2)c1OCC. The molecule has 0 aliphatic rings. The summed E-state index contributed by atoms with van der Waals surface area (Å²) in [4.78, 5) is 4.29. The first-order valence-electron chi connectivity index (χ1n) is 5.86. The van der Waals surface area contributed by atoms with Gasteiger partial charge in [-0.2, -0.15) is 0 Å². The van der Waals surface area contributed by atoms with Crippen molar-refractivity contribution in [3.05, 3.63) is 23.6 Å². The van der Waals surface area contributed by atoms with Crippen LogP contribution in [0.15, 0.2) is 23.6 Å². The first-order chi connectivity index (χ1) is 8.76. The molecule has 18 heavy (non-hydrogen) atoms. The topological polar surface area (TPSA) is 57.4 Å². The predicted molar refractivity (Wildman–Crippen MR) is 74.3 cm³/mol. The minimum atomic E-state index is 0.550. The third-order valence-electron chi connectivity index (χ3n) is 2.37. The van der Waals surface area contributed by atoms with E-state index < -0.39 is 0 Å². The number of nitrogen functional groups attached to an aromatic ring is 1. The van der Waals surface area contributed by atoms with Gasteiger partial charge in [0.1, 0.15) is 0 Å². The van der Waals surface area contributed by atoms with Crippen LogP contribution in [0.4, 0.5) is 5.13 Å². The van der Waals surface area contributed by atoms with Gasteiger partial charge in [-0.05, 0) is 26.0 Å². The van der Waals surface area contributed by atoms with Gasteiger partial charge in [0, 0.05) is 10.9 Å². The largest absolute Gasteiger partial charge is 0.490 e. The Kier molecular flexibility index (Phi) is 4.04. The molecule has 0 aliphatic heterocycles. The van der Waals surface area contributed by atoms with Gasteiger partial charge in [-0.25, -0.2) is 4.98 Å². The Bertz CT molecular complexity index is 525. The Labute approximate surface area is 110 Å². The fraction of sp³-hybridized carbons (Fsp3) is 0.308. The molecule has 1 heterocycles. The van der Waals surface area contributed by atoms with Crippen LogP contribution in [0.25, 0.3) is 11.3 Å². The lowest BCUT2D eigenvalue weighted by Crippen LogP contribution is -2.00. The van der Waals surface area contributed by atoms with Gasteiger partial charge in [0.05, 0.1) is 18.9 Å². The molecule has 0 amide bonds. The summed E-state index contributed by atoms with van der Waals surface area (Å²) in [5.41, 5.74) is 7.41. The Morgan fingerprint density at radius 1 is 1.22 bits per heavy atom. The van der Waals surface area contributed by atoms with Crippen LogP contribution in [0.2, 0.25) is 0 Å². The number of aromatic nitrogens is 1. The predicted octanol–water partition coefficient (Wildman–Crippen LogP) is 3.19. The number of hydrogen-bond acceptors (Lipinski definition) is 5. The molecular weight excluding hydrogens is 248 g/mol. The molecule has 5 heteroatoms. The molecule has 2 N–H and O–H groups in total. The minimum Gasteiger partial charge on any atom is -0.490 e. The molecule has 0 fully saturated rings. The van der Waals surface area contributed by atoms with Crippen molar-refractivity contribution < 1.29 is 9.47 Å². The molecule has 4 nitrogen and oxygen atoms in total. The monoisotopic (exact) mass is 264 g/mol. The van der Waals surface area contributed by atoms with E-state index >= 15 is 0 Å². The molecule has 0 saturated heterocycles. The molecule has 0 bridgehead atoms. The molecule has 0 atom stereocenters. The van der Waals surface area contributed by atoms with E-state index in [0.717, 1.165) is 22.8 Å². The van der Waals surface area contributed by atoms with Gasteiger partial charge in [-0.3, -0.25) is 0 Å². The standard InChI is InChI=1S/C13H16N2O2S/c1-3-16-11-7-5-6-9(12(11)17-4-2)10-8-18-13(14)15-10/h5-8H,3-4H2,1-2H3,(H2,14,15). The number of nitrogens with zero attached hydrogens (tertiary/aromatic N) is 1. The zero-order chi connectivity index (χ0) is 13.0. The highest BCUT2D eigenvalue weighted by Crippen LogP contribution is 2.38. The van der Waals surface area contributed by atoms with Crippen molar-refractivity contribution >= 4 is 16.5 Å². The molecule has 0 saturated carbocycles. The molecule has 0 spiro atoms. The zero-order valence-corrected chi connectivity index (χ0v) is 11.3. The van der Waals surface area contributed by atoms with E-state index in [2.05, 4.69) is 4.98 Å². The van der Waals surface area contributed by atoms with E-state index in [1.54, 1.807) is 0 Å².